The van der Waals surface area contributed by atoms with E-state index in [9.17, 15) is 13.2 Å². The summed E-state index contributed by atoms with van der Waals surface area (Å²) in [7, 11) is -3.83. The second-order valence-corrected chi connectivity index (χ2v) is 8.47. The van der Waals surface area contributed by atoms with E-state index in [1.807, 2.05) is 0 Å². The Labute approximate surface area is 164 Å². The second-order valence-electron chi connectivity index (χ2n) is 6.18. The van der Waals surface area contributed by atoms with Crippen molar-refractivity contribution in [1.82, 2.24) is 4.31 Å². The lowest BCUT2D eigenvalue weighted by atomic mass is 10.0. The fraction of sp³-hybridized carbons (Fsp3) is 0.250. The summed E-state index contributed by atoms with van der Waals surface area (Å²) in [6.45, 7) is 3.76. The monoisotopic (exact) mass is 405 g/mol. The maximum atomic E-state index is 13.4. The number of hydrogen-bond donors (Lipinski definition) is 0. The zero-order valence-electron chi connectivity index (χ0n) is 15.1. The standard InChI is InChI=1S/C20H20ClNO4S/c1-3-26-20(23)17-11-12-22(19(17)15-8-6-9-16(21)13-15)27(24,25)18-10-5-4-7-14(18)2/h4-11,13,19H,3,12H2,1-2H3. The number of carbonyl (C=O) groups is 1. The fourth-order valence-electron chi connectivity index (χ4n) is 3.20. The van der Waals surface area contributed by atoms with Crippen LogP contribution in [0.1, 0.15) is 24.1 Å². The number of aryl methyl sites for hydroxylation is 1. The van der Waals surface area contributed by atoms with Crippen molar-refractivity contribution < 1.29 is 17.9 Å². The lowest BCUT2D eigenvalue weighted by Gasteiger charge is -2.27. The molecular formula is C20H20ClNO4S. The van der Waals surface area contributed by atoms with Gasteiger partial charge in [0.25, 0.3) is 0 Å². The average Bonchev–Trinajstić information content (AvgIpc) is 3.08. The Morgan fingerprint density at radius 2 is 1.96 bits per heavy atom. The molecule has 1 atom stereocenters. The van der Waals surface area contributed by atoms with Crippen molar-refractivity contribution >= 4 is 27.6 Å². The number of halogens is 1. The second kappa shape index (κ2) is 7.84. The van der Waals surface area contributed by atoms with Gasteiger partial charge < -0.3 is 4.74 Å². The molecule has 1 aliphatic heterocycles. The van der Waals surface area contributed by atoms with E-state index in [1.165, 1.54) is 4.31 Å². The zero-order chi connectivity index (χ0) is 19.6. The van der Waals surface area contributed by atoms with Crippen molar-refractivity contribution in [2.24, 2.45) is 0 Å². The first-order valence-corrected chi connectivity index (χ1v) is 10.4. The van der Waals surface area contributed by atoms with Gasteiger partial charge in [0.05, 0.1) is 23.1 Å². The summed E-state index contributed by atoms with van der Waals surface area (Å²) in [6, 6.07) is 12.9. The number of ether oxygens (including phenoxy) is 1. The lowest BCUT2D eigenvalue weighted by molar-refractivity contribution is -0.138. The first-order chi connectivity index (χ1) is 12.9. The van der Waals surface area contributed by atoms with Crippen molar-refractivity contribution in [3.63, 3.8) is 0 Å². The molecule has 5 nitrogen and oxygen atoms in total. The molecule has 0 N–H and O–H groups in total. The Balaban J connectivity index is 2.10. The molecule has 3 rings (SSSR count). The summed E-state index contributed by atoms with van der Waals surface area (Å²) in [6.07, 6.45) is 1.61. The first-order valence-electron chi connectivity index (χ1n) is 8.56. The third-order valence-electron chi connectivity index (χ3n) is 4.43. The molecule has 2 aromatic rings. The molecule has 1 unspecified atom stereocenters. The Bertz CT molecular complexity index is 1000. The minimum Gasteiger partial charge on any atom is -0.463 e. The number of carbonyl (C=O) groups excluding carboxylic acids is 1. The molecule has 0 aliphatic carbocycles. The van der Waals surface area contributed by atoms with E-state index in [-0.39, 0.29) is 18.0 Å². The Hall–Kier alpha value is -2.15. The van der Waals surface area contributed by atoms with Crippen molar-refractivity contribution in [2.45, 2.75) is 24.8 Å². The highest BCUT2D eigenvalue weighted by Gasteiger charge is 2.41. The van der Waals surface area contributed by atoms with Crippen LogP contribution in [0.4, 0.5) is 0 Å². The van der Waals surface area contributed by atoms with Crippen molar-refractivity contribution in [3.05, 3.63) is 76.3 Å². The molecule has 0 amide bonds. The third-order valence-corrected chi connectivity index (χ3v) is 6.66. The van der Waals surface area contributed by atoms with Gasteiger partial charge in [-0.05, 0) is 43.2 Å². The molecule has 0 fully saturated rings. The normalized spacial score (nSPS) is 17.6. The van der Waals surface area contributed by atoms with E-state index >= 15 is 0 Å². The fourth-order valence-corrected chi connectivity index (χ4v) is 5.16. The summed E-state index contributed by atoms with van der Waals surface area (Å²) in [5.41, 5.74) is 1.57. The maximum absolute atomic E-state index is 13.4. The highest BCUT2D eigenvalue weighted by molar-refractivity contribution is 7.89. The summed E-state index contributed by atoms with van der Waals surface area (Å²) in [4.78, 5) is 12.7. The van der Waals surface area contributed by atoms with Gasteiger partial charge in [-0.25, -0.2) is 13.2 Å². The van der Waals surface area contributed by atoms with Crippen LogP contribution in [-0.2, 0) is 19.6 Å². The van der Waals surface area contributed by atoms with Crippen LogP contribution in [0.2, 0.25) is 5.02 Å². The summed E-state index contributed by atoms with van der Waals surface area (Å²) < 4.78 is 33.2. The van der Waals surface area contributed by atoms with Crippen molar-refractivity contribution in [3.8, 4) is 0 Å². The van der Waals surface area contributed by atoms with E-state index in [2.05, 4.69) is 0 Å². The Morgan fingerprint density at radius 1 is 1.22 bits per heavy atom. The molecule has 0 spiro atoms. The van der Waals surface area contributed by atoms with E-state index < -0.39 is 22.0 Å². The highest BCUT2D eigenvalue weighted by atomic mass is 35.5. The van der Waals surface area contributed by atoms with Gasteiger partial charge in [-0.15, -0.1) is 0 Å². The van der Waals surface area contributed by atoms with Crippen molar-refractivity contribution in [2.75, 3.05) is 13.2 Å². The number of sulfonamides is 1. The SMILES string of the molecule is CCOC(=O)C1=CCN(S(=O)(=O)c2ccccc2C)C1c1cccc(Cl)c1. The van der Waals surface area contributed by atoms with E-state index in [1.54, 1.807) is 68.5 Å². The predicted molar refractivity (Wildman–Crippen MR) is 104 cm³/mol. The lowest BCUT2D eigenvalue weighted by Crippen LogP contribution is -2.33. The molecular weight excluding hydrogens is 386 g/mol. The van der Waals surface area contributed by atoms with Crippen LogP contribution in [0.5, 0.6) is 0 Å². The minimum absolute atomic E-state index is 0.0853. The molecule has 0 aromatic heterocycles. The Kier molecular flexibility index (Phi) is 5.69. The van der Waals surface area contributed by atoms with Crippen LogP contribution in [0, 0.1) is 6.92 Å². The summed E-state index contributed by atoms with van der Waals surface area (Å²) in [5, 5.41) is 0.468. The van der Waals surface area contributed by atoms with Crippen LogP contribution in [-0.4, -0.2) is 31.8 Å². The largest absolute Gasteiger partial charge is 0.463 e. The van der Waals surface area contributed by atoms with Crippen LogP contribution in [0.3, 0.4) is 0 Å². The zero-order valence-corrected chi connectivity index (χ0v) is 16.6. The average molecular weight is 406 g/mol. The Morgan fingerprint density at radius 3 is 2.63 bits per heavy atom. The number of rotatable bonds is 5. The van der Waals surface area contributed by atoms with Gasteiger partial charge in [-0.2, -0.15) is 4.31 Å². The van der Waals surface area contributed by atoms with Gasteiger partial charge in [0.15, 0.2) is 0 Å². The minimum atomic E-state index is -3.83. The third kappa shape index (κ3) is 3.78. The molecule has 0 saturated carbocycles. The van der Waals surface area contributed by atoms with Gasteiger partial charge in [0.2, 0.25) is 10.0 Å². The quantitative estimate of drug-likeness (QED) is 0.708. The van der Waals surface area contributed by atoms with Crippen molar-refractivity contribution in [1.29, 1.82) is 0 Å². The molecule has 27 heavy (non-hydrogen) atoms. The molecule has 142 valence electrons. The smallest absolute Gasteiger partial charge is 0.335 e. The summed E-state index contributed by atoms with van der Waals surface area (Å²) >= 11 is 6.11. The van der Waals surface area contributed by atoms with Crippen LogP contribution in [0.25, 0.3) is 0 Å². The molecule has 0 saturated heterocycles. The number of esters is 1. The van der Waals surface area contributed by atoms with Crippen LogP contribution < -0.4 is 0 Å². The van der Waals surface area contributed by atoms with Gasteiger partial charge in [-0.1, -0.05) is 48.0 Å². The first kappa shape index (κ1) is 19.6. The van der Waals surface area contributed by atoms with Gasteiger partial charge >= 0.3 is 5.97 Å². The van der Waals surface area contributed by atoms with Gasteiger partial charge in [0.1, 0.15) is 0 Å². The molecule has 0 bridgehead atoms. The van der Waals surface area contributed by atoms with Crippen LogP contribution >= 0.6 is 11.6 Å². The summed E-state index contributed by atoms with van der Waals surface area (Å²) in [5.74, 6) is -0.523. The number of benzene rings is 2. The molecule has 0 radical (unpaired) electrons. The molecule has 1 heterocycles. The van der Waals surface area contributed by atoms with Crippen LogP contribution in [0.15, 0.2) is 65.1 Å². The van der Waals surface area contributed by atoms with E-state index in [0.717, 1.165) is 0 Å². The topological polar surface area (TPSA) is 63.7 Å². The highest BCUT2D eigenvalue weighted by Crippen LogP contribution is 2.39. The number of hydrogen-bond acceptors (Lipinski definition) is 4. The molecule has 2 aromatic carbocycles. The van der Waals surface area contributed by atoms with Gasteiger partial charge in [0, 0.05) is 11.6 Å². The molecule has 7 heteroatoms. The van der Waals surface area contributed by atoms with Gasteiger partial charge in [-0.3, -0.25) is 0 Å². The predicted octanol–water partition coefficient (Wildman–Crippen LogP) is 3.88. The molecule has 1 aliphatic rings. The van der Waals surface area contributed by atoms with E-state index in [4.69, 9.17) is 16.3 Å². The van der Waals surface area contributed by atoms with E-state index in [0.29, 0.717) is 21.7 Å². The number of nitrogens with zero attached hydrogens (tertiary/aromatic N) is 1. The maximum Gasteiger partial charge on any atom is 0.335 e.